The van der Waals surface area contributed by atoms with Crippen LogP contribution in [0.2, 0.25) is 0 Å². The molecule has 0 bridgehead atoms. The molecule has 4 aromatic rings. The van der Waals surface area contributed by atoms with Gasteiger partial charge in [0.25, 0.3) is 11.1 Å². The number of hydrogen-bond acceptors (Lipinski definition) is 4. The van der Waals surface area contributed by atoms with Crippen LogP contribution in [-0.4, -0.2) is 13.7 Å². The van der Waals surface area contributed by atoms with Crippen LogP contribution in [0, 0.1) is 16.3 Å². The van der Waals surface area contributed by atoms with Gasteiger partial charge in [0.05, 0.1) is 16.9 Å². The number of aromatic nitrogens is 3. The van der Waals surface area contributed by atoms with Crippen LogP contribution in [-0.2, 0) is 14.1 Å². The normalized spacial score (nSPS) is 13.4. The molecule has 0 spiro atoms. The van der Waals surface area contributed by atoms with Crippen molar-refractivity contribution < 1.29 is 4.39 Å². The van der Waals surface area contributed by atoms with E-state index in [0.29, 0.717) is 15.2 Å². The van der Waals surface area contributed by atoms with E-state index in [1.54, 1.807) is 25.1 Å². The van der Waals surface area contributed by atoms with Crippen molar-refractivity contribution in [1.29, 1.82) is 0 Å². The smallest absolute Gasteiger partial charge is 0.335 e. The molecular formula is C25H22FIN4O3. The summed E-state index contributed by atoms with van der Waals surface area (Å²) in [5.41, 5.74) is 0.798. The molecule has 1 aliphatic carbocycles. The van der Waals surface area contributed by atoms with E-state index >= 15 is 0 Å². The average Bonchev–Trinajstić information content (AvgIpc) is 3.66. The van der Waals surface area contributed by atoms with Crippen molar-refractivity contribution in [2.75, 3.05) is 5.32 Å². The molecule has 1 N–H and O–H groups in total. The van der Waals surface area contributed by atoms with E-state index in [4.69, 9.17) is 0 Å². The van der Waals surface area contributed by atoms with Gasteiger partial charge in [0.1, 0.15) is 17.0 Å². The van der Waals surface area contributed by atoms with Crippen LogP contribution in [0.4, 0.5) is 15.9 Å². The first kappa shape index (κ1) is 22.6. The summed E-state index contributed by atoms with van der Waals surface area (Å²) >= 11 is 2.00. The molecule has 2 aromatic heterocycles. The lowest BCUT2D eigenvalue weighted by molar-refractivity contribution is 0.630. The number of pyridine rings is 1. The molecule has 0 aliphatic heterocycles. The number of aryl methyl sites for hydroxylation is 1. The van der Waals surface area contributed by atoms with Crippen molar-refractivity contribution in [3.05, 3.63) is 94.2 Å². The molecule has 0 saturated heterocycles. The lowest BCUT2D eigenvalue weighted by Gasteiger charge is -2.20. The van der Waals surface area contributed by atoms with Gasteiger partial charge in [-0.15, -0.1) is 0 Å². The van der Waals surface area contributed by atoms with Gasteiger partial charge >= 0.3 is 5.69 Å². The van der Waals surface area contributed by atoms with Gasteiger partial charge < -0.3 is 5.32 Å². The Hall–Kier alpha value is -3.21. The SMILES string of the molecule is Cc1c(=O)n(C)c(Nc2ccc(I)cc2F)c2c(=O)n(C)c(=O)n(-c3cccc(C4CC4)c3)c12. The van der Waals surface area contributed by atoms with E-state index in [1.165, 1.54) is 29.3 Å². The highest BCUT2D eigenvalue weighted by molar-refractivity contribution is 14.1. The minimum Gasteiger partial charge on any atom is -0.338 e. The van der Waals surface area contributed by atoms with Gasteiger partial charge in [0, 0.05) is 23.2 Å². The molecule has 5 rings (SSSR count). The van der Waals surface area contributed by atoms with Crippen LogP contribution in [0.1, 0.15) is 29.9 Å². The maximum absolute atomic E-state index is 14.7. The summed E-state index contributed by atoms with van der Waals surface area (Å²) in [4.78, 5) is 39.9. The number of nitrogens with one attached hydrogen (secondary N) is 1. The van der Waals surface area contributed by atoms with Crippen LogP contribution in [0.5, 0.6) is 0 Å². The lowest BCUT2D eigenvalue weighted by Crippen LogP contribution is -2.40. The number of anilines is 2. The summed E-state index contributed by atoms with van der Waals surface area (Å²) in [5.74, 6) is 0.0678. The standard InChI is InChI=1S/C25H22FIN4O3/c1-13-21-20(22(29(2)23(13)32)28-19-10-9-16(27)12-18(19)26)24(33)30(3)25(34)31(21)17-6-4-5-15(11-17)14-7-8-14/h4-6,9-12,14,28H,7-8H2,1-3H3. The Kier molecular flexibility index (Phi) is 5.46. The van der Waals surface area contributed by atoms with Gasteiger partial charge in [-0.3, -0.25) is 23.3 Å². The van der Waals surface area contributed by atoms with Gasteiger partial charge in [-0.1, -0.05) is 12.1 Å². The number of rotatable bonds is 4. The molecule has 2 aromatic carbocycles. The van der Waals surface area contributed by atoms with Crippen LogP contribution < -0.4 is 22.1 Å². The highest BCUT2D eigenvalue weighted by Crippen LogP contribution is 2.40. The summed E-state index contributed by atoms with van der Waals surface area (Å²) in [6.07, 6.45) is 2.20. The molecule has 0 radical (unpaired) electrons. The second-order valence-corrected chi connectivity index (χ2v) is 9.91. The van der Waals surface area contributed by atoms with Gasteiger partial charge in [0.2, 0.25) is 0 Å². The van der Waals surface area contributed by atoms with Gasteiger partial charge in [0.15, 0.2) is 0 Å². The maximum Gasteiger partial charge on any atom is 0.335 e. The fraction of sp³-hybridized carbons (Fsp3) is 0.240. The number of hydrogen-bond donors (Lipinski definition) is 1. The minimum atomic E-state index is -0.568. The quantitative estimate of drug-likeness (QED) is 0.375. The molecule has 1 fully saturated rings. The van der Waals surface area contributed by atoms with Crippen LogP contribution >= 0.6 is 22.6 Å². The van der Waals surface area contributed by atoms with Gasteiger partial charge in [-0.2, -0.15) is 0 Å². The van der Waals surface area contributed by atoms with Crippen LogP contribution in [0.25, 0.3) is 16.6 Å². The number of nitrogens with zero attached hydrogens (tertiary/aromatic N) is 3. The molecule has 0 atom stereocenters. The molecule has 7 nitrogen and oxygen atoms in total. The second-order valence-electron chi connectivity index (χ2n) is 8.66. The van der Waals surface area contributed by atoms with Crippen molar-refractivity contribution in [3.8, 4) is 5.69 Å². The third kappa shape index (κ3) is 3.58. The first-order valence-corrected chi connectivity index (χ1v) is 11.9. The van der Waals surface area contributed by atoms with E-state index in [1.807, 2.05) is 40.8 Å². The summed E-state index contributed by atoms with van der Waals surface area (Å²) in [5, 5.41) is 3.08. The molecule has 9 heteroatoms. The molecule has 1 aliphatic rings. The zero-order valence-corrected chi connectivity index (χ0v) is 21.0. The molecule has 34 heavy (non-hydrogen) atoms. The van der Waals surface area contributed by atoms with Crippen molar-refractivity contribution in [1.82, 2.24) is 13.7 Å². The van der Waals surface area contributed by atoms with E-state index in [0.717, 1.165) is 23.0 Å². The van der Waals surface area contributed by atoms with Crippen molar-refractivity contribution in [3.63, 3.8) is 0 Å². The first-order chi connectivity index (χ1) is 16.2. The monoisotopic (exact) mass is 572 g/mol. The van der Waals surface area contributed by atoms with Crippen LogP contribution in [0.3, 0.4) is 0 Å². The molecule has 0 unspecified atom stereocenters. The Labute approximate surface area is 207 Å². The van der Waals surface area contributed by atoms with Crippen molar-refractivity contribution in [2.45, 2.75) is 25.7 Å². The summed E-state index contributed by atoms with van der Waals surface area (Å²) in [6, 6.07) is 12.3. The fourth-order valence-electron chi connectivity index (χ4n) is 4.34. The highest BCUT2D eigenvalue weighted by Gasteiger charge is 2.26. The van der Waals surface area contributed by atoms with Crippen molar-refractivity contribution >= 4 is 45.0 Å². The molecule has 1 saturated carbocycles. The molecule has 2 heterocycles. The summed E-state index contributed by atoms with van der Waals surface area (Å²) in [7, 11) is 2.92. The summed E-state index contributed by atoms with van der Waals surface area (Å²) < 4.78 is 19.1. The topological polar surface area (TPSA) is 78.0 Å². The number of halogens is 2. The molecule has 174 valence electrons. The van der Waals surface area contributed by atoms with Crippen LogP contribution in [0.15, 0.2) is 56.8 Å². The predicted octanol–water partition coefficient (Wildman–Crippen LogP) is 4.06. The maximum atomic E-state index is 14.7. The number of fused-ring (bicyclic) bond motifs is 1. The second kappa shape index (κ2) is 8.23. The summed E-state index contributed by atoms with van der Waals surface area (Å²) in [6.45, 7) is 1.60. The number of benzene rings is 2. The molecule has 0 amide bonds. The zero-order chi connectivity index (χ0) is 24.3. The average molecular weight is 572 g/mol. The Morgan fingerprint density at radius 1 is 1.00 bits per heavy atom. The Bertz CT molecular complexity index is 1660. The largest absolute Gasteiger partial charge is 0.338 e. The Morgan fingerprint density at radius 2 is 1.74 bits per heavy atom. The third-order valence-corrected chi connectivity index (χ3v) is 7.04. The van der Waals surface area contributed by atoms with E-state index in [9.17, 15) is 18.8 Å². The van der Waals surface area contributed by atoms with Gasteiger partial charge in [-0.05, 0) is 84.2 Å². The minimum absolute atomic E-state index is 0.121. The lowest BCUT2D eigenvalue weighted by atomic mass is 10.1. The van der Waals surface area contributed by atoms with Gasteiger partial charge in [-0.25, -0.2) is 9.18 Å². The highest BCUT2D eigenvalue weighted by atomic mass is 127. The first-order valence-electron chi connectivity index (χ1n) is 10.9. The Balaban J connectivity index is 1.88. The van der Waals surface area contributed by atoms with Crippen molar-refractivity contribution in [2.24, 2.45) is 14.1 Å². The molecular weight excluding hydrogens is 550 g/mol. The zero-order valence-electron chi connectivity index (χ0n) is 18.9. The van der Waals surface area contributed by atoms with E-state index in [2.05, 4.69) is 5.32 Å². The third-order valence-electron chi connectivity index (χ3n) is 6.37. The van der Waals surface area contributed by atoms with E-state index < -0.39 is 17.1 Å². The van der Waals surface area contributed by atoms with E-state index in [-0.39, 0.29) is 33.5 Å². The predicted molar refractivity (Wildman–Crippen MR) is 139 cm³/mol. The fourth-order valence-corrected chi connectivity index (χ4v) is 4.80. The Morgan fingerprint density at radius 3 is 2.41 bits per heavy atom.